The first-order valence-corrected chi connectivity index (χ1v) is 11.8. The van der Waals surface area contributed by atoms with Crippen molar-refractivity contribution in [2.45, 2.75) is 13.0 Å². The van der Waals surface area contributed by atoms with E-state index in [0.29, 0.717) is 33.0 Å². The van der Waals surface area contributed by atoms with E-state index in [0.717, 1.165) is 10.8 Å². The Bertz CT molecular complexity index is 1660. The van der Waals surface area contributed by atoms with Gasteiger partial charge in [0, 0.05) is 12.1 Å². The first kappa shape index (κ1) is 23.1. The number of hydrogen-bond acceptors (Lipinski definition) is 3. The van der Waals surface area contributed by atoms with Crippen LogP contribution in [0.5, 0.6) is 0 Å². The highest BCUT2D eigenvalue weighted by Gasteiger charge is 2.26. The minimum Gasteiger partial charge on any atom is -0.332 e. The maximum Gasteiger partial charge on any atom is 0.266 e. The van der Waals surface area contributed by atoms with Gasteiger partial charge in [-0.1, -0.05) is 65.7 Å². The molecule has 5 aromatic rings. The minimum atomic E-state index is -0.543. The predicted octanol–water partition coefficient (Wildman–Crippen LogP) is 6.68. The average Bonchev–Trinajstić information content (AvgIpc) is 2.87. The fraction of sp³-hybridized carbons (Fsp3) is 0.107. The van der Waals surface area contributed by atoms with Crippen molar-refractivity contribution in [1.82, 2.24) is 14.5 Å². The second-order valence-corrected chi connectivity index (χ2v) is 9.22. The van der Waals surface area contributed by atoms with Crippen LogP contribution in [0.4, 0.5) is 0 Å². The fourth-order valence-corrected chi connectivity index (χ4v) is 4.69. The number of carbonyl (C=O) groups excluding carboxylic acids is 1. The predicted molar refractivity (Wildman–Crippen MR) is 142 cm³/mol. The number of benzene rings is 4. The van der Waals surface area contributed by atoms with E-state index in [1.54, 1.807) is 35.9 Å². The molecule has 0 radical (unpaired) electrons. The maximum absolute atomic E-state index is 13.7. The molecule has 0 bridgehead atoms. The molecule has 1 atom stereocenters. The summed E-state index contributed by atoms with van der Waals surface area (Å²) in [6.45, 7) is 1.84. The number of halogens is 2. The average molecular weight is 502 g/mol. The molecule has 0 saturated heterocycles. The summed E-state index contributed by atoms with van der Waals surface area (Å²) in [4.78, 5) is 33.4. The number of para-hydroxylation sites is 1. The van der Waals surface area contributed by atoms with Crippen LogP contribution in [0.1, 0.15) is 29.1 Å². The molecule has 1 amide bonds. The standard InChI is InChI=1S/C28H21Cl2N3O2/c1-17(32(2)27(34)22-14-12-20(29)16-24(22)30)26-31-25-10-6-5-9-23(25)28(35)33(26)21-13-11-18-7-3-4-8-19(18)15-21/h3-17H,1-2H3. The van der Waals surface area contributed by atoms with E-state index in [4.69, 9.17) is 28.2 Å². The summed E-state index contributed by atoms with van der Waals surface area (Å²) in [5.41, 5.74) is 1.38. The molecule has 7 heteroatoms. The molecule has 0 aliphatic heterocycles. The van der Waals surface area contributed by atoms with Gasteiger partial charge in [-0.15, -0.1) is 0 Å². The topological polar surface area (TPSA) is 55.2 Å². The summed E-state index contributed by atoms with van der Waals surface area (Å²) in [6, 6.07) is 25.2. The van der Waals surface area contributed by atoms with Gasteiger partial charge in [-0.05, 0) is 60.2 Å². The highest BCUT2D eigenvalue weighted by molar-refractivity contribution is 6.36. The molecule has 0 spiro atoms. The van der Waals surface area contributed by atoms with Gasteiger partial charge in [0.25, 0.3) is 11.5 Å². The fourth-order valence-electron chi connectivity index (χ4n) is 4.20. The lowest BCUT2D eigenvalue weighted by Crippen LogP contribution is -2.35. The zero-order valence-electron chi connectivity index (χ0n) is 19.1. The Hall–Kier alpha value is -3.67. The monoisotopic (exact) mass is 501 g/mol. The van der Waals surface area contributed by atoms with Crippen molar-refractivity contribution in [3.8, 4) is 5.69 Å². The Morgan fingerprint density at radius 2 is 1.63 bits per heavy atom. The summed E-state index contributed by atoms with van der Waals surface area (Å²) < 4.78 is 1.59. The number of nitrogens with zero attached hydrogens (tertiary/aromatic N) is 3. The molecule has 174 valence electrons. The van der Waals surface area contributed by atoms with Crippen LogP contribution in [0.25, 0.3) is 27.4 Å². The van der Waals surface area contributed by atoms with Gasteiger partial charge in [0.1, 0.15) is 5.82 Å². The van der Waals surface area contributed by atoms with Crippen molar-refractivity contribution in [3.63, 3.8) is 0 Å². The van der Waals surface area contributed by atoms with E-state index in [1.807, 2.05) is 61.5 Å². The number of carbonyl (C=O) groups is 1. The number of fused-ring (bicyclic) bond motifs is 2. The van der Waals surface area contributed by atoms with E-state index in [2.05, 4.69) is 0 Å². The van der Waals surface area contributed by atoms with Gasteiger partial charge in [-0.3, -0.25) is 14.2 Å². The first-order valence-electron chi connectivity index (χ1n) is 11.1. The molecule has 5 rings (SSSR count). The molecule has 0 saturated carbocycles. The summed E-state index contributed by atoms with van der Waals surface area (Å²) in [7, 11) is 1.67. The Kier molecular flexibility index (Phi) is 6.05. The summed E-state index contributed by atoms with van der Waals surface area (Å²) in [5, 5.41) is 3.29. The molecule has 35 heavy (non-hydrogen) atoms. The van der Waals surface area contributed by atoms with E-state index in [1.165, 1.54) is 11.0 Å². The number of rotatable bonds is 4. The van der Waals surface area contributed by atoms with Crippen LogP contribution < -0.4 is 5.56 Å². The molecule has 1 aromatic heterocycles. The molecular formula is C28H21Cl2N3O2. The summed E-state index contributed by atoms with van der Waals surface area (Å²) in [5.74, 6) is 0.150. The Morgan fingerprint density at radius 3 is 2.40 bits per heavy atom. The van der Waals surface area contributed by atoms with Crippen molar-refractivity contribution < 1.29 is 4.79 Å². The van der Waals surface area contributed by atoms with Crippen LogP contribution in [0, 0.1) is 0 Å². The zero-order valence-corrected chi connectivity index (χ0v) is 20.6. The SMILES string of the molecule is CC(c1nc2ccccc2c(=O)n1-c1ccc2ccccc2c1)N(C)C(=O)c1ccc(Cl)cc1Cl. The van der Waals surface area contributed by atoms with Crippen molar-refractivity contribution >= 4 is 50.8 Å². The van der Waals surface area contributed by atoms with E-state index < -0.39 is 6.04 Å². The summed E-state index contributed by atoms with van der Waals surface area (Å²) >= 11 is 12.3. The number of amides is 1. The van der Waals surface area contributed by atoms with Gasteiger partial charge in [0.05, 0.1) is 33.2 Å². The zero-order chi connectivity index (χ0) is 24.7. The highest BCUT2D eigenvalue weighted by Crippen LogP contribution is 2.28. The lowest BCUT2D eigenvalue weighted by Gasteiger charge is -2.27. The third-order valence-electron chi connectivity index (χ3n) is 6.23. The van der Waals surface area contributed by atoms with Gasteiger partial charge in [0.2, 0.25) is 0 Å². The smallest absolute Gasteiger partial charge is 0.266 e. The molecule has 5 nitrogen and oxygen atoms in total. The van der Waals surface area contributed by atoms with Crippen LogP contribution in [-0.4, -0.2) is 27.4 Å². The first-order chi connectivity index (χ1) is 16.8. The normalized spacial score (nSPS) is 12.1. The minimum absolute atomic E-state index is 0.196. The quantitative estimate of drug-likeness (QED) is 0.276. The molecule has 0 fully saturated rings. The van der Waals surface area contributed by atoms with Crippen LogP contribution in [-0.2, 0) is 0 Å². The van der Waals surface area contributed by atoms with Crippen molar-refractivity contribution in [3.05, 3.63) is 117 Å². The Balaban J connectivity index is 1.68. The molecule has 1 unspecified atom stereocenters. The van der Waals surface area contributed by atoms with Crippen LogP contribution in [0.2, 0.25) is 10.0 Å². The molecule has 0 N–H and O–H groups in total. The third kappa shape index (κ3) is 4.18. The van der Waals surface area contributed by atoms with Gasteiger partial charge in [0.15, 0.2) is 0 Å². The van der Waals surface area contributed by atoms with Crippen LogP contribution >= 0.6 is 23.2 Å². The molecular weight excluding hydrogens is 481 g/mol. The second kappa shape index (κ2) is 9.17. The van der Waals surface area contributed by atoms with Gasteiger partial charge >= 0.3 is 0 Å². The molecule has 1 heterocycles. The number of aromatic nitrogens is 2. The maximum atomic E-state index is 13.7. The van der Waals surface area contributed by atoms with Crippen LogP contribution in [0.3, 0.4) is 0 Å². The van der Waals surface area contributed by atoms with Crippen molar-refractivity contribution in [2.24, 2.45) is 0 Å². The summed E-state index contributed by atoms with van der Waals surface area (Å²) in [6.07, 6.45) is 0. The van der Waals surface area contributed by atoms with E-state index in [9.17, 15) is 9.59 Å². The lowest BCUT2D eigenvalue weighted by atomic mass is 10.1. The Morgan fingerprint density at radius 1 is 0.914 bits per heavy atom. The van der Waals surface area contributed by atoms with Gasteiger partial charge in [-0.25, -0.2) is 4.98 Å². The Labute approximate surface area is 212 Å². The van der Waals surface area contributed by atoms with Crippen LogP contribution in [0.15, 0.2) is 89.7 Å². The molecule has 0 aliphatic rings. The lowest BCUT2D eigenvalue weighted by molar-refractivity contribution is 0.0735. The largest absolute Gasteiger partial charge is 0.332 e. The second-order valence-electron chi connectivity index (χ2n) is 8.38. The van der Waals surface area contributed by atoms with Gasteiger partial charge in [-0.2, -0.15) is 0 Å². The molecule has 0 aliphatic carbocycles. The highest BCUT2D eigenvalue weighted by atomic mass is 35.5. The molecule has 4 aromatic carbocycles. The van der Waals surface area contributed by atoms with E-state index in [-0.39, 0.29) is 16.5 Å². The van der Waals surface area contributed by atoms with Crippen molar-refractivity contribution in [1.29, 1.82) is 0 Å². The van der Waals surface area contributed by atoms with E-state index >= 15 is 0 Å². The number of hydrogen-bond donors (Lipinski definition) is 0. The van der Waals surface area contributed by atoms with Gasteiger partial charge < -0.3 is 4.90 Å². The third-order valence-corrected chi connectivity index (χ3v) is 6.78. The van der Waals surface area contributed by atoms with Crippen molar-refractivity contribution in [2.75, 3.05) is 7.05 Å².